The molecule has 4 aromatic rings. The Morgan fingerprint density at radius 2 is 1.86 bits per heavy atom. The van der Waals surface area contributed by atoms with Crippen LogP contribution in [0.4, 0.5) is 28.1 Å². The molecule has 4 rings (SSSR count). The first-order valence-electron chi connectivity index (χ1n) is 8.27. The second-order valence-electron chi connectivity index (χ2n) is 5.99. The fourth-order valence-corrected chi connectivity index (χ4v) is 4.09. The molecule has 0 unspecified atom stereocenters. The molecule has 0 atom stereocenters. The quantitative estimate of drug-likeness (QED) is 0.281. The number of aryl methyl sites for hydroxylation is 1. The highest BCUT2D eigenvalue weighted by atomic mass is 35.5. The number of nitrogens with one attached hydrogen (secondary N) is 2. The minimum atomic E-state index is -0.562. The molecule has 0 aliphatic heterocycles. The number of aromatic nitrogens is 3. The number of rotatable bonds is 5. The average molecular weight is 447 g/mol. The second-order valence-corrected chi connectivity index (χ2v) is 7.87. The van der Waals surface area contributed by atoms with E-state index in [1.807, 2.05) is 25.1 Å². The number of para-hydroxylation sites is 1. The highest BCUT2D eigenvalue weighted by molar-refractivity contribution is 7.22. The maximum atomic E-state index is 11.8. The standard InChI is InChI=1S/C18H12Cl2N6O2S/c1-9-3-2-4-13-14(9)24-18(29-13)25-17-15(26(27)28)16(21-8-22-17)23-12-6-5-10(19)7-11(12)20/h2-8H,1H3,(H2,21,22,23,24,25). The number of nitro groups is 1. The van der Waals surface area contributed by atoms with Crippen LogP contribution in [0.2, 0.25) is 10.0 Å². The first-order valence-corrected chi connectivity index (χ1v) is 9.84. The van der Waals surface area contributed by atoms with E-state index in [-0.39, 0.29) is 17.3 Å². The van der Waals surface area contributed by atoms with Crippen molar-refractivity contribution in [1.82, 2.24) is 15.0 Å². The van der Waals surface area contributed by atoms with Gasteiger partial charge in [-0.1, -0.05) is 46.7 Å². The molecule has 0 amide bonds. The van der Waals surface area contributed by atoms with Crippen LogP contribution in [0.1, 0.15) is 5.56 Å². The van der Waals surface area contributed by atoms with Crippen molar-refractivity contribution in [1.29, 1.82) is 0 Å². The third-order valence-electron chi connectivity index (χ3n) is 4.04. The molecule has 146 valence electrons. The van der Waals surface area contributed by atoms with E-state index >= 15 is 0 Å². The third-order valence-corrected chi connectivity index (χ3v) is 5.52. The smallest absolute Gasteiger partial charge is 0.333 e. The molecule has 2 aromatic heterocycles. The summed E-state index contributed by atoms with van der Waals surface area (Å²) in [6.07, 6.45) is 1.22. The number of thiazole rings is 1. The van der Waals surface area contributed by atoms with E-state index in [1.165, 1.54) is 23.7 Å². The van der Waals surface area contributed by atoms with Gasteiger partial charge in [0.1, 0.15) is 6.33 Å². The molecule has 0 aliphatic carbocycles. The molecule has 0 radical (unpaired) electrons. The topological polar surface area (TPSA) is 106 Å². The lowest BCUT2D eigenvalue weighted by molar-refractivity contribution is -0.383. The van der Waals surface area contributed by atoms with Crippen LogP contribution in [-0.2, 0) is 0 Å². The van der Waals surface area contributed by atoms with Crippen molar-refractivity contribution in [2.75, 3.05) is 10.6 Å². The first-order chi connectivity index (χ1) is 13.9. The van der Waals surface area contributed by atoms with E-state index in [9.17, 15) is 10.1 Å². The van der Waals surface area contributed by atoms with E-state index in [1.54, 1.807) is 12.1 Å². The molecule has 2 heterocycles. The number of benzene rings is 2. The van der Waals surface area contributed by atoms with Crippen LogP contribution in [0.15, 0.2) is 42.7 Å². The van der Waals surface area contributed by atoms with Crippen molar-refractivity contribution < 1.29 is 4.92 Å². The Bertz CT molecular complexity index is 1250. The Hall–Kier alpha value is -3.01. The average Bonchev–Trinajstić information content (AvgIpc) is 3.08. The van der Waals surface area contributed by atoms with Crippen LogP contribution in [0.5, 0.6) is 0 Å². The molecular formula is C18H12Cl2N6O2S. The normalized spacial score (nSPS) is 10.9. The Morgan fingerprint density at radius 1 is 1.10 bits per heavy atom. The second kappa shape index (κ2) is 7.78. The van der Waals surface area contributed by atoms with Gasteiger partial charge in [0.2, 0.25) is 11.6 Å². The van der Waals surface area contributed by atoms with Crippen LogP contribution in [0, 0.1) is 17.0 Å². The largest absolute Gasteiger partial charge is 0.353 e. The number of hydrogen-bond donors (Lipinski definition) is 2. The predicted octanol–water partition coefficient (Wildman–Crippen LogP) is 6.10. The molecule has 0 bridgehead atoms. The molecule has 0 spiro atoms. The van der Waals surface area contributed by atoms with Gasteiger partial charge in [-0.05, 0) is 36.8 Å². The van der Waals surface area contributed by atoms with Gasteiger partial charge in [-0.2, -0.15) is 0 Å². The monoisotopic (exact) mass is 446 g/mol. The number of nitrogens with zero attached hydrogens (tertiary/aromatic N) is 4. The van der Waals surface area contributed by atoms with Crippen molar-refractivity contribution >= 4 is 72.9 Å². The molecule has 8 nitrogen and oxygen atoms in total. The number of fused-ring (bicyclic) bond motifs is 1. The van der Waals surface area contributed by atoms with Gasteiger partial charge in [-0.3, -0.25) is 10.1 Å². The highest BCUT2D eigenvalue weighted by Gasteiger charge is 2.24. The zero-order valence-electron chi connectivity index (χ0n) is 14.8. The van der Waals surface area contributed by atoms with Gasteiger partial charge in [-0.25, -0.2) is 15.0 Å². The van der Waals surface area contributed by atoms with Crippen LogP contribution < -0.4 is 10.6 Å². The summed E-state index contributed by atoms with van der Waals surface area (Å²) in [6.45, 7) is 1.96. The molecule has 29 heavy (non-hydrogen) atoms. The molecule has 0 fully saturated rings. The van der Waals surface area contributed by atoms with E-state index in [4.69, 9.17) is 23.2 Å². The third kappa shape index (κ3) is 3.93. The van der Waals surface area contributed by atoms with Crippen molar-refractivity contribution in [2.24, 2.45) is 0 Å². The molecule has 2 aromatic carbocycles. The highest BCUT2D eigenvalue weighted by Crippen LogP contribution is 2.37. The van der Waals surface area contributed by atoms with Crippen molar-refractivity contribution in [3.8, 4) is 0 Å². The van der Waals surface area contributed by atoms with Gasteiger partial charge in [0.25, 0.3) is 0 Å². The molecule has 0 aliphatic rings. The Morgan fingerprint density at radius 3 is 2.55 bits per heavy atom. The molecule has 11 heteroatoms. The molecule has 0 saturated heterocycles. The SMILES string of the molecule is Cc1cccc2sc(Nc3ncnc(Nc4ccc(Cl)cc4Cl)c3[N+](=O)[O-])nc12. The van der Waals surface area contributed by atoms with Gasteiger partial charge >= 0.3 is 5.69 Å². The summed E-state index contributed by atoms with van der Waals surface area (Å²) < 4.78 is 0.968. The number of hydrogen-bond acceptors (Lipinski definition) is 8. The van der Waals surface area contributed by atoms with Crippen LogP contribution >= 0.6 is 34.5 Å². The molecule has 0 saturated carbocycles. The van der Waals surface area contributed by atoms with Gasteiger partial charge in [-0.15, -0.1) is 0 Å². The fraction of sp³-hybridized carbons (Fsp3) is 0.0556. The summed E-state index contributed by atoms with van der Waals surface area (Å²) in [7, 11) is 0. The summed E-state index contributed by atoms with van der Waals surface area (Å²) in [5.41, 5.74) is 1.96. The van der Waals surface area contributed by atoms with E-state index < -0.39 is 4.92 Å². The first kappa shape index (κ1) is 19.3. The van der Waals surface area contributed by atoms with Gasteiger partial charge < -0.3 is 10.6 Å². The van der Waals surface area contributed by atoms with Gasteiger partial charge in [0.15, 0.2) is 5.13 Å². The zero-order chi connectivity index (χ0) is 20.5. The van der Waals surface area contributed by atoms with Gasteiger partial charge in [0, 0.05) is 5.02 Å². The summed E-state index contributed by atoms with van der Waals surface area (Å²) in [5.74, 6) is 0.0170. The lowest BCUT2D eigenvalue weighted by atomic mass is 10.2. The van der Waals surface area contributed by atoms with Crippen LogP contribution in [-0.4, -0.2) is 19.9 Å². The van der Waals surface area contributed by atoms with Crippen molar-refractivity contribution in [3.05, 3.63) is 68.4 Å². The van der Waals surface area contributed by atoms with Crippen LogP contribution in [0.25, 0.3) is 10.2 Å². The Balaban J connectivity index is 1.72. The van der Waals surface area contributed by atoms with Crippen molar-refractivity contribution in [3.63, 3.8) is 0 Å². The molecular weight excluding hydrogens is 435 g/mol. The zero-order valence-corrected chi connectivity index (χ0v) is 17.1. The number of anilines is 4. The van der Waals surface area contributed by atoms with E-state index in [0.717, 1.165) is 15.8 Å². The summed E-state index contributed by atoms with van der Waals surface area (Å²) in [4.78, 5) is 23.8. The lowest BCUT2D eigenvalue weighted by Crippen LogP contribution is -2.05. The maximum Gasteiger partial charge on any atom is 0.353 e. The number of halogens is 2. The van der Waals surface area contributed by atoms with Crippen molar-refractivity contribution in [2.45, 2.75) is 6.92 Å². The minimum absolute atomic E-state index is 0.00554. The summed E-state index contributed by atoms with van der Waals surface area (Å²) in [6, 6.07) is 10.6. The molecule has 2 N–H and O–H groups in total. The lowest BCUT2D eigenvalue weighted by Gasteiger charge is -2.10. The van der Waals surface area contributed by atoms with Crippen LogP contribution in [0.3, 0.4) is 0 Å². The fourth-order valence-electron chi connectivity index (χ4n) is 2.69. The summed E-state index contributed by atoms with van der Waals surface area (Å²) in [5, 5.41) is 18.8. The van der Waals surface area contributed by atoms with E-state index in [0.29, 0.717) is 20.9 Å². The Kier molecular flexibility index (Phi) is 5.18. The summed E-state index contributed by atoms with van der Waals surface area (Å²) >= 11 is 13.4. The Labute approximate surface area is 178 Å². The predicted molar refractivity (Wildman–Crippen MR) is 116 cm³/mol. The van der Waals surface area contributed by atoms with Gasteiger partial charge in [0.05, 0.1) is 25.8 Å². The minimum Gasteiger partial charge on any atom is -0.333 e. The van der Waals surface area contributed by atoms with E-state index in [2.05, 4.69) is 25.6 Å². The maximum absolute atomic E-state index is 11.8.